The topological polar surface area (TPSA) is 55.8 Å². The third-order valence-corrected chi connectivity index (χ3v) is 3.74. The highest BCUT2D eigenvalue weighted by atomic mass is 16.5. The van der Waals surface area contributed by atoms with E-state index < -0.39 is 6.10 Å². The Balaban J connectivity index is 2.27. The van der Waals surface area contributed by atoms with E-state index in [1.807, 2.05) is 0 Å². The zero-order valence-corrected chi connectivity index (χ0v) is 11.4. The van der Waals surface area contributed by atoms with E-state index in [4.69, 9.17) is 9.47 Å². The number of hydrogen-bond acceptors (Lipinski definition) is 4. The maximum atomic E-state index is 11.9. The minimum absolute atomic E-state index is 0.150. The predicted molar refractivity (Wildman–Crippen MR) is 71.5 cm³/mol. The molecule has 0 aromatic heterocycles. The fraction of sp³-hybridized carbons (Fsp3) is 0.533. The summed E-state index contributed by atoms with van der Waals surface area (Å²) in [6.07, 6.45) is 2.44. The third-order valence-electron chi connectivity index (χ3n) is 3.74. The summed E-state index contributed by atoms with van der Waals surface area (Å²) in [7, 11) is 3.13. The molecular formula is C15H20O4. The molecule has 1 aromatic carbocycles. The van der Waals surface area contributed by atoms with E-state index in [0.717, 1.165) is 19.3 Å². The van der Waals surface area contributed by atoms with Gasteiger partial charge in [0, 0.05) is 24.0 Å². The van der Waals surface area contributed by atoms with Gasteiger partial charge in [0.1, 0.15) is 17.3 Å². The Morgan fingerprint density at radius 1 is 1.26 bits per heavy atom. The van der Waals surface area contributed by atoms with E-state index in [1.165, 1.54) is 0 Å². The highest BCUT2D eigenvalue weighted by molar-refractivity contribution is 5.82. The quantitative estimate of drug-likeness (QED) is 0.907. The van der Waals surface area contributed by atoms with Crippen molar-refractivity contribution in [1.82, 2.24) is 0 Å². The molecule has 0 unspecified atom stereocenters. The third kappa shape index (κ3) is 2.89. The average molecular weight is 264 g/mol. The SMILES string of the molecule is COc1ccc([C@H](O)[C@@H]2CCCCC2=O)c(OC)c1. The normalized spacial score (nSPS) is 21.0. The van der Waals surface area contributed by atoms with Crippen LogP contribution in [0.3, 0.4) is 0 Å². The number of carbonyl (C=O) groups excluding carboxylic acids is 1. The van der Waals surface area contributed by atoms with E-state index in [0.29, 0.717) is 23.5 Å². The van der Waals surface area contributed by atoms with Crippen LogP contribution in [0.1, 0.15) is 37.4 Å². The molecule has 1 N–H and O–H groups in total. The second kappa shape index (κ2) is 6.06. The van der Waals surface area contributed by atoms with Gasteiger partial charge in [-0.05, 0) is 25.0 Å². The summed E-state index contributed by atoms with van der Waals surface area (Å²) < 4.78 is 10.4. The average Bonchev–Trinajstić information content (AvgIpc) is 2.46. The van der Waals surface area contributed by atoms with Crippen molar-refractivity contribution >= 4 is 5.78 Å². The van der Waals surface area contributed by atoms with Crippen molar-refractivity contribution in [3.8, 4) is 11.5 Å². The standard InChI is InChI=1S/C15H20O4/c1-18-10-7-8-12(14(9-10)19-2)15(17)11-5-3-4-6-13(11)16/h7-9,11,15,17H,3-6H2,1-2H3/t11-,15-/m1/s1. The molecule has 4 nitrogen and oxygen atoms in total. The van der Waals surface area contributed by atoms with Crippen LogP contribution < -0.4 is 9.47 Å². The molecule has 2 rings (SSSR count). The summed E-state index contributed by atoms with van der Waals surface area (Å²) in [6, 6.07) is 5.27. The van der Waals surface area contributed by atoms with Gasteiger partial charge in [-0.3, -0.25) is 4.79 Å². The minimum atomic E-state index is -0.798. The van der Waals surface area contributed by atoms with Gasteiger partial charge in [0.25, 0.3) is 0 Å². The van der Waals surface area contributed by atoms with Crippen molar-refractivity contribution in [2.75, 3.05) is 14.2 Å². The maximum absolute atomic E-state index is 11.9. The van der Waals surface area contributed by atoms with Crippen LogP contribution >= 0.6 is 0 Å². The number of rotatable bonds is 4. The molecule has 104 valence electrons. The maximum Gasteiger partial charge on any atom is 0.138 e. The highest BCUT2D eigenvalue weighted by Crippen LogP contribution is 2.37. The summed E-state index contributed by atoms with van der Waals surface area (Å²) in [5.74, 6) is 1.07. The van der Waals surface area contributed by atoms with Crippen molar-refractivity contribution in [1.29, 1.82) is 0 Å². The molecule has 0 spiro atoms. The van der Waals surface area contributed by atoms with E-state index >= 15 is 0 Å². The number of aliphatic hydroxyl groups excluding tert-OH is 1. The molecule has 0 saturated heterocycles. The van der Waals surface area contributed by atoms with Gasteiger partial charge in [-0.25, -0.2) is 0 Å². The largest absolute Gasteiger partial charge is 0.497 e. The molecule has 0 aliphatic heterocycles. The Hall–Kier alpha value is -1.55. The second-order valence-corrected chi connectivity index (χ2v) is 4.87. The lowest BCUT2D eigenvalue weighted by Crippen LogP contribution is -2.25. The number of aliphatic hydroxyl groups is 1. The monoisotopic (exact) mass is 264 g/mol. The van der Waals surface area contributed by atoms with Crippen LogP contribution in [0.2, 0.25) is 0 Å². The van der Waals surface area contributed by atoms with Crippen molar-refractivity contribution in [3.63, 3.8) is 0 Å². The van der Waals surface area contributed by atoms with Gasteiger partial charge in [0.2, 0.25) is 0 Å². The first-order valence-corrected chi connectivity index (χ1v) is 6.60. The minimum Gasteiger partial charge on any atom is -0.497 e. The molecule has 1 fully saturated rings. The molecule has 19 heavy (non-hydrogen) atoms. The van der Waals surface area contributed by atoms with Crippen molar-refractivity contribution < 1.29 is 19.4 Å². The molecule has 1 saturated carbocycles. The van der Waals surface area contributed by atoms with Gasteiger partial charge in [-0.1, -0.05) is 6.42 Å². The molecule has 2 atom stereocenters. The molecule has 1 aromatic rings. The number of Topliss-reactive ketones (excluding diaryl/α,β-unsaturated/α-hetero) is 1. The molecular weight excluding hydrogens is 244 g/mol. The Labute approximate surface area is 113 Å². The molecule has 1 aliphatic rings. The van der Waals surface area contributed by atoms with Crippen molar-refractivity contribution in [3.05, 3.63) is 23.8 Å². The van der Waals surface area contributed by atoms with Gasteiger partial charge in [0.05, 0.1) is 20.3 Å². The zero-order chi connectivity index (χ0) is 13.8. The fourth-order valence-electron chi connectivity index (χ4n) is 2.62. The first kappa shape index (κ1) is 13.9. The lowest BCUT2D eigenvalue weighted by molar-refractivity contribution is -0.128. The second-order valence-electron chi connectivity index (χ2n) is 4.87. The summed E-state index contributed by atoms with van der Waals surface area (Å²) in [5.41, 5.74) is 0.656. The number of ketones is 1. The summed E-state index contributed by atoms with van der Waals surface area (Å²) in [4.78, 5) is 11.9. The summed E-state index contributed by atoms with van der Waals surface area (Å²) in [5, 5.41) is 10.4. The van der Waals surface area contributed by atoms with Crippen LogP contribution in [0.4, 0.5) is 0 Å². The van der Waals surface area contributed by atoms with E-state index in [1.54, 1.807) is 32.4 Å². The summed E-state index contributed by atoms with van der Waals surface area (Å²) >= 11 is 0. The molecule has 1 aliphatic carbocycles. The number of methoxy groups -OCH3 is 2. The van der Waals surface area contributed by atoms with Crippen molar-refractivity contribution in [2.45, 2.75) is 31.8 Å². The van der Waals surface area contributed by atoms with Gasteiger partial charge >= 0.3 is 0 Å². The molecule has 0 bridgehead atoms. The van der Waals surface area contributed by atoms with Crippen molar-refractivity contribution in [2.24, 2.45) is 5.92 Å². The zero-order valence-electron chi connectivity index (χ0n) is 11.4. The first-order valence-electron chi connectivity index (χ1n) is 6.60. The predicted octanol–water partition coefficient (Wildman–Crippen LogP) is 2.50. The lowest BCUT2D eigenvalue weighted by Gasteiger charge is -2.26. The van der Waals surface area contributed by atoms with Gasteiger partial charge < -0.3 is 14.6 Å². The number of benzene rings is 1. The van der Waals surface area contributed by atoms with E-state index in [-0.39, 0.29) is 11.7 Å². The van der Waals surface area contributed by atoms with Crippen LogP contribution in [0.25, 0.3) is 0 Å². The Bertz CT molecular complexity index is 455. The first-order chi connectivity index (χ1) is 9.17. The Morgan fingerprint density at radius 2 is 2.05 bits per heavy atom. The van der Waals surface area contributed by atoms with Gasteiger partial charge in [-0.15, -0.1) is 0 Å². The van der Waals surface area contributed by atoms with E-state index in [2.05, 4.69) is 0 Å². The molecule has 0 amide bonds. The van der Waals surface area contributed by atoms with Crippen LogP contribution in [0.5, 0.6) is 11.5 Å². The Morgan fingerprint density at radius 3 is 2.68 bits per heavy atom. The highest BCUT2D eigenvalue weighted by Gasteiger charge is 2.31. The summed E-state index contributed by atoms with van der Waals surface area (Å²) in [6.45, 7) is 0. The van der Waals surface area contributed by atoms with Crippen LogP contribution in [-0.4, -0.2) is 25.1 Å². The smallest absolute Gasteiger partial charge is 0.138 e. The molecule has 0 heterocycles. The van der Waals surface area contributed by atoms with Crippen LogP contribution in [-0.2, 0) is 4.79 Å². The molecule has 4 heteroatoms. The molecule has 0 radical (unpaired) electrons. The fourth-order valence-corrected chi connectivity index (χ4v) is 2.62. The van der Waals surface area contributed by atoms with Crippen LogP contribution in [0.15, 0.2) is 18.2 Å². The lowest BCUT2D eigenvalue weighted by atomic mass is 9.81. The van der Waals surface area contributed by atoms with E-state index in [9.17, 15) is 9.90 Å². The van der Waals surface area contributed by atoms with Gasteiger partial charge in [0.15, 0.2) is 0 Å². The number of ether oxygens (including phenoxy) is 2. The number of carbonyl (C=O) groups is 1. The Kier molecular flexibility index (Phi) is 4.43. The number of hydrogen-bond donors (Lipinski definition) is 1. The van der Waals surface area contributed by atoms with Gasteiger partial charge in [-0.2, -0.15) is 0 Å². The van der Waals surface area contributed by atoms with Crippen LogP contribution in [0, 0.1) is 5.92 Å².